The van der Waals surface area contributed by atoms with Gasteiger partial charge in [0.25, 0.3) is 0 Å². The van der Waals surface area contributed by atoms with E-state index in [1.165, 1.54) is 39.8 Å². The number of aliphatic hydroxyl groups is 1. The van der Waals surface area contributed by atoms with Gasteiger partial charge in [-0.15, -0.1) is 0 Å². The van der Waals surface area contributed by atoms with E-state index >= 15 is 0 Å². The van der Waals surface area contributed by atoms with Crippen molar-refractivity contribution >= 4 is 11.9 Å². The molecule has 2 nitrogen and oxygen atoms in total. The van der Waals surface area contributed by atoms with Gasteiger partial charge in [0.2, 0.25) is 0 Å². The molecule has 0 aromatic heterocycles. The average molecular weight is 509 g/mol. The summed E-state index contributed by atoms with van der Waals surface area (Å²) in [7, 11) is 0. The summed E-state index contributed by atoms with van der Waals surface area (Å²) in [6.07, 6.45) is 11.9. The van der Waals surface area contributed by atoms with Crippen LogP contribution in [0.1, 0.15) is 99.1 Å². The van der Waals surface area contributed by atoms with E-state index < -0.39 is 5.60 Å². The van der Waals surface area contributed by atoms with Crippen molar-refractivity contribution in [2.24, 2.45) is 0 Å². The molecular formula is C36H44O2. The van der Waals surface area contributed by atoms with Gasteiger partial charge in [-0.2, -0.15) is 0 Å². The van der Waals surface area contributed by atoms with Gasteiger partial charge in [0, 0.05) is 11.8 Å². The zero-order valence-corrected chi connectivity index (χ0v) is 23.9. The van der Waals surface area contributed by atoms with Crippen LogP contribution in [0.5, 0.6) is 0 Å². The van der Waals surface area contributed by atoms with E-state index in [1.807, 2.05) is 12.1 Å². The van der Waals surface area contributed by atoms with Crippen LogP contribution in [-0.2, 0) is 16.6 Å². The number of Topliss-reactive ketones (excluding diaryl/α,β-unsaturated/α-hetero) is 1. The highest BCUT2D eigenvalue weighted by molar-refractivity contribution is 5.79. The van der Waals surface area contributed by atoms with Crippen molar-refractivity contribution in [3.8, 4) is 11.1 Å². The predicted octanol–water partition coefficient (Wildman–Crippen LogP) is 8.92. The van der Waals surface area contributed by atoms with Gasteiger partial charge in [0.15, 0.2) is 0 Å². The fourth-order valence-corrected chi connectivity index (χ4v) is 6.39. The summed E-state index contributed by atoms with van der Waals surface area (Å²) in [6.45, 7) is 10.6. The van der Waals surface area contributed by atoms with Crippen LogP contribution in [0.2, 0.25) is 0 Å². The van der Waals surface area contributed by atoms with Crippen LogP contribution in [0.25, 0.3) is 17.2 Å². The maximum absolute atomic E-state index is 11.6. The molecule has 38 heavy (non-hydrogen) atoms. The highest BCUT2D eigenvalue weighted by Gasteiger charge is 2.31. The van der Waals surface area contributed by atoms with Crippen molar-refractivity contribution in [3.63, 3.8) is 0 Å². The molecule has 0 amide bonds. The molecule has 200 valence electrons. The molecule has 3 aromatic rings. The van der Waals surface area contributed by atoms with Crippen molar-refractivity contribution in [1.82, 2.24) is 0 Å². The lowest BCUT2D eigenvalue weighted by molar-refractivity contribution is -0.116. The summed E-state index contributed by atoms with van der Waals surface area (Å²) in [5.41, 5.74) is 9.13. The Morgan fingerprint density at radius 2 is 1.55 bits per heavy atom. The number of ketones is 1. The Labute approximate surface area is 229 Å². The largest absolute Gasteiger partial charge is 0.386 e. The molecule has 1 fully saturated rings. The first-order valence-corrected chi connectivity index (χ1v) is 14.4. The van der Waals surface area contributed by atoms with Gasteiger partial charge < -0.3 is 5.11 Å². The Hall–Kier alpha value is -2.97. The molecule has 1 saturated carbocycles. The summed E-state index contributed by atoms with van der Waals surface area (Å²) in [5, 5.41) is 10.9. The first-order chi connectivity index (χ1) is 18.2. The van der Waals surface area contributed by atoms with E-state index in [-0.39, 0.29) is 11.2 Å². The molecule has 0 spiro atoms. The number of hydrogen-bond donors (Lipinski definition) is 1. The normalized spacial score (nSPS) is 15.6. The van der Waals surface area contributed by atoms with E-state index in [2.05, 4.69) is 88.4 Å². The van der Waals surface area contributed by atoms with Gasteiger partial charge in [0.05, 0.1) is 5.60 Å². The second-order valence-corrected chi connectivity index (χ2v) is 11.5. The fourth-order valence-electron chi connectivity index (χ4n) is 6.39. The summed E-state index contributed by atoms with van der Waals surface area (Å²) >= 11 is 0. The number of rotatable bonds is 9. The van der Waals surface area contributed by atoms with Crippen LogP contribution >= 0.6 is 0 Å². The molecule has 0 aliphatic heterocycles. The number of benzene rings is 3. The van der Waals surface area contributed by atoms with Crippen molar-refractivity contribution in [1.29, 1.82) is 0 Å². The second kappa shape index (κ2) is 11.8. The minimum atomic E-state index is -0.648. The molecule has 0 saturated heterocycles. The smallest absolute Gasteiger partial charge is 0.134 e. The third-order valence-corrected chi connectivity index (χ3v) is 8.79. The lowest BCUT2D eigenvalue weighted by Crippen LogP contribution is -2.28. The van der Waals surface area contributed by atoms with Gasteiger partial charge in [-0.1, -0.05) is 106 Å². The molecule has 1 N–H and O–H groups in total. The van der Waals surface area contributed by atoms with Gasteiger partial charge in [-0.25, -0.2) is 0 Å². The lowest BCUT2D eigenvalue weighted by Gasteiger charge is -2.34. The molecule has 0 unspecified atom stereocenters. The third-order valence-electron chi connectivity index (χ3n) is 8.79. The molecule has 1 aliphatic rings. The average Bonchev–Trinajstić information content (AvgIpc) is 2.89. The molecule has 0 heterocycles. The topological polar surface area (TPSA) is 37.3 Å². The minimum absolute atomic E-state index is 0.0612. The van der Waals surface area contributed by atoms with Crippen molar-refractivity contribution in [2.75, 3.05) is 0 Å². The number of carbonyl (C=O) groups excluding carboxylic acids is 1. The SMILES string of the molecule is CCC(CC)(c1ccc(/C=C/C2(O)CCCCC2)c(C)c1)c1ccc(-c2cccc(CC(C)=O)c2)c(C)c1. The van der Waals surface area contributed by atoms with Crippen molar-refractivity contribution < 1.29 is 9.90 Å². The number of hydrogen-bond acceptors (Lipinski definition) is 2. The van der Waals surface area contributed by atoms with E-state index in [1.54, 1.807) is 6.92 Å². The monoisotopic (exact) mass is 508 g/mol. The van der Waals surface area contributed by atoms with Gasteiger partial charge >= 0.3 is 0 Å². The van der Waals surface area contributed by atoms with Crippen molar-refractivity contribution in [2.45, 2.75) is 97.0 Å². The standard InChI is InChI=1S/C36H44O2/c1-6-36(7-2,32-15-14-30(26(3)22-32)18-21-35(38)19-9-8-10-20-35)33-16-17-34(27(4)23-33)31-13-11-12-29(25-31)24-28(5)37/h11-18,21-23,25,38H,6-10,19-20,24H2,1-5H3/b21-18+. The maximum Gasteiger partial charge on any atom is 0.134 e. The summed E-state index contributed by atoms with van der Waals surface area (Å²) in [6, 6.07) is 22.2. The van der Waals surface area contributed by atoms with Crippen LogP contribution < -0.4 is 0 Å². The van der Waals surface area contributed by atoms with E-state index in [4.69, 9.17) is 0 Å². The van der Waals surface area contributed by atoms with Crippen molar-refractivity contribution in [3.05, 3.63) is 100 Å². The highest BCUT2D eigenvalue weighted by atomic mass is 16.3. The molecule has 2 heteroatoms. The Balaban J connectivity index is 1.65. The van der Waals surface area contributed by atoms with Gasteiger partial charge in [-0.3, -0.25) is 4.79 Å². The first-order valence-electron chi connectivity index (χ1n) is 14.4. The third kappa shape index (κ3) is 6.02. The molecule has 0 atom stereocenters. The molecule has 4 rings (SSSR count). The van der Waals surface area contributed by atoms with Crippen LogP contribution in [0.4, 0.5) is 0 Å². The fraction of sp³-hybridized carbons (Fsp3) is 0.417. The Bertz CT molecular complexity index is 1300. The van der Waals surface area contributed by atoms with Crippen LogP contribution in [0.3, 0.4) is 0 Å². The van der Waals surface area contributed by atoms with Crippen LogP contribution in [0, 0.1) is 13.8 Å². The minimum Gasteiger partial charge on any atom is -0.386 e. The first kappa shape index (κ1) is 28.0. The molecule has 1 aliphatic carbocycles. The zero-order valence-electron chi connectivity index (χ0n) is 23.9. The number of carbonyl (C=O) groups is 1. The molecule has 0 radical (unpaired) electrons. The molecular weight excluding hydrogens is 464 g/mol. The predicted molar refractivity (Wildman–Crippen MR) is 161 cm³/mol. The summed E-state index contributed by atoms with van der Waals surface area (Å²) < 4.78 is 0. The van der Waals surface area contributed by atoms with Gasteiger partial charge in [0.1, 0.15) is 5.78 Å². The highest BCUT2D eigenvalue weighted by Crippen LogP contribution is 2.41. The second-order valence-electron chi connectivity index (χ2n) is 11.5. The van der Waals surface area contributed by atoms with Crippen LogP contribution in [-0.4, -0.2) is 16.5 Å². The summed E-state index contributed by atoms with van der Waals surface area (Å²) in [5.74, 6) is 0.187. The van der Waals surface area contributed by atoms with E-state index in [9.17, 15) is 9.90 Å². The molecule has 3 aromatic carbocycles. The Morgan fingerprint density at radius 3 is 2.16 bits per heavy atom. The lowest BCUT2D eigenvalue weighted by atomic mass is 9.69. The van der Waals surface area contributed by atoms with Crippen LogP contribution in [0.15, 0.2) is 66.7 Å². The van der Waals surface area contributed by atoms with E-state index in [0.717, 1.165) is 49.7 Å². The maximum atomic E-state index is 11.6. The quantitative estimate of drug-likeness (QED) is 0.313. The van der Waals surface area contributed by atoms with Gasteiger partial charge in [-0.05, 0) is 91.0 Å². The summed E-state index contributed by atoms with van der Waals surface area (Å²) in [4.78, 5) is 11.6. The van der Waals surface area contributed by atoms with E-state index in [0.29, 0.717) is 6.42 Å². The zero-order chi connectivity index (χ0) is 27.3. The number of aryl methyl sites for hydroxylation is 2. The Kier molecular flexibility index (Phi) is 8.73. The Morgan fingerprint density at radius 1 is 0.895 bits per heavy atom. The molecule has 0 bridgehead atoms.